The van der Waals surface area contributed by atoms with Crippen LogP contribution in [-0.4, -0.2) is 23.3 Å². The first-order chi connectivity index (χ1) is 8.49. The van der Waals surface area contributed by atoms with Crippen molar-refractivity contribution in [1.29, 1.82) is 0 Å². The summed E-state index contributed by atoms with van der Waals surface area (Å²) in [5, 5.41) is 9.99. The largest absolute Gasteiger partial charge is 0.454 e. The number of hydrogen-bond donors (Lipinski definition) is 1. The second-order valence-corrected chi connectivity index (χ2v) is 5.25. The predicted molar refractivity (Wildman–Crippen MR) is 69.9 cm³/mol. The first-order valence-corrected chi connectivity index (χ1v) is 6.41. The highest BCUT2D eigenvalue weighted by molar-refractivity contribution is 5.91. The summed E-state index contributed by atoms with van der Waals surface area (Å²) >= 11 is 0. The molecule has 1 aliphatic carbocycles. The van der Waals surface area contributed by atoms with E-state index in [4.69, 9.17) is 4.74 Å². The van der Waals surface area contributed by atoms with E-state index in [1.807, 2.05) is 13.0 Å². The van der Waals surface area contributed by atoms with Gasteiger partial charge in [0.2, 0.25) is 0 Å². The number of rotatable bonds is 0. The van der Waals surface area contributed by atoms with Crippen molar-refractivity contribution in [3.8, 4) is 0 Å². The Morgan fingerprint density at radius 3 is 2.89 bits per heavy atom. The van der Waals surface area contributed by atoms with E-state index in [1.165, 1.54) is 5.57 Å². The average molecular weight is 248 g/mol. The van der Waals surface area contributed by atoms with Crippen LogP contribution in [0.5, 0.6) is 0 Å². The number of aliphatic hydroxyl groups is 1. The fraction of sp³-hybridized carbons (Fsp3) is 0.533. The molecule has 2 aliphatic rings. The molecular formula is C15H20O3. The smallest absolute Gasteiger partial charge is 0.334 e. The van der Waals surface area contributed by atoms with E-state index in [9.17, 15) is 9.90 Å². The van der Waals surface area contributed by atoms with Gasteiger partial charge in [0.15, 0.2) is 0 Å². The molecule has 0 aromatic carbocycles. The summed E-state index contributed by atoms with van der Waals surface area (Å²) in [4.78, 5) is 11.6. The van der Waals surface area contributed by atoms with Gasteiger partial charge in [0.05, 0.1) is 6.10 Å². The number of carbonyl (C=O) groups is 1. The van der Waals surface area contributed by atoms with Gasteiger partial charge in [0.1, 0.15) is 6.10 Å². The SMILES string of the molecule is C=C1C(=O)O[C@H]2/C=C(\C)[C@@H](O)C/C=C(/C)CC[C@H]12. The van der Waals surface area contributed by atoms with Crippen LogP contribution in [-0.2, 0) is 9.53 Å². The van der Waals surface area contributed by atoms with Crippen molar-refractivity contribution in [3.63, 3.8) is 0 Å². The van der Waals surface area contributed by atoms with Crippen LogP contribution in [0.4, 0.5) is 0 Å². The summed E-state index contributed by atoms with van der Waals surface area (Å²) in [6.07, 6.45) is 5.61. The molecule has 1 saturated heterocycles. The Morgan fingerprint density at radius 2 is 2.17 bits per heavy atom. The second kappa shape index (κ2) is 5.11. The number of ether oxygens (including phenoxy) is 1. The normalized spacial score (nSPS) is 39.2. The van der Waals surface area contributed by atoms with Crippen LogP contribution >= 0.6 is 0 Å². The van der Waals surface area contributed by atoms with Gasteiger partial charge < -0.3 is 9.84 Å². The monoisotopic (exact) mass is 248 g/mol. The molecule has 0 aromatic heterocycles. The van der Waals surface area contributed by atoms with E-state index < -0.39 is 6.10 Å². The van der Waals surface area contributed by atoms with E-state index >= 15 is 0 Å². The van der Waals surface area contributed by atoms with Crippen molar-refractivity contribution < 1.29 is 14.6 Å². The quantitative estimate of drug-likeness (QED) is 0.407. The summed E-state index contributed by atoms with van der Waals surface area (Å²) in [7, 11) is 0. The molecule has 1 fully saturated rings. The number of allylic oxidation sites excluding steroid dienone is 1. The number of hydrogen-bond acceptors (Lipinski definition) is 3. The molecule has 1 aliphatic heterocycles. The first-order valence-electron chi connectivity index (χ1n) is 6.41. The number of esters is 1. The number of aliphatic hydroxyl groups excluding tert-OH is 1. The summed E-state index contributed by atoms with van der Waals surface area (Å²) < 4.78 is 5.32. The maximum Gasteiger partial charge on any atom is 0.334 e. The minimum absolute atomic E-state index is 0.0427. The Balaban J connectivity index is 2.29. The Labute approximate surface area is 108 Å². The summed E-state index contributed by atoms with van der Waals surface area (Å²) in [5.41, 5.74) is 2.67. The van der Waals surface area contributed by atoms with Crippen molar-refractivity contribution >= 4 is 5.97 Å². The molecule has 3 heteroatoms. The molecule has 0 spiro atoms. The van der Waals surface area contributed by atoms with Crippen molar-refractivity contribution in [2.75, 3.05) is 0 Å². The van der Waals surface area contributed by atoms with Crippen LogP contribution in [0.15, 0.2) is 35.5 Å². The van der Waals surface area contributed by atoms with Gasteiger partial charge >= 0.3 is 5.97 Å². The van der Waals surface area contributed by atoms with E-state index in [1.54, 1.807) is 0 Å². The predicted octanol–water partition coefficient (Wildman–Crippen LogP) is 2.52. The van der Waals surface area contributed by atoms with Crippen LogP contribution in [0.25, 0.3) is 0 Å². The van der Waals surface area contributed by atoms with Gasteiger partial charge in [-0.25, -0.2) is 4.79 Å². The highest BCUT2D eigenvalue weighted by Gasteiger charge is 2.37. The van der Waals surface area contributed by atoms with Crippen LogP contribution < -0.4 is 0 Å². The lowest BCUT2D eigenvalue weighted by molar-refractivity contribution is -0.137. The van der Waals surface area contributed by atoms with Gasteiger partial charge in [0, 0.05) is 11.5 Å². The third-order valence-corrected chi connectivity index (χ3v) is 3.84. The van der Waals surface area contributed by atoms with Gasteiger partial charge in [-0.2, -0.15) is 0 Å². The second-order valence-electron chi connectivity index (χ2n) is 5.25. The Hall–Kier alpha value is -1.35. The molecule has 0 amide bonds. The average Bonchev–Trinajstić information content (AvgIpc) is 2.59. The molecule has 98 valence electrons. The van der Waals surface area contributed by atoms with Crippen LogP contribution in [0, 0.1) is 5.92 Å². The van der Waals surface area contributed by atoms with E-state index in [0.29, 0.717) is 12.0 Å². The maximum absolute atomic E-state index is 11.6. The first kappa shape index (κ1) is 13.1. The molecule has 0 bridgehead atoms. The van der Waals surface area contributed by atoms with Gasteiger partial charge in [-0.1, -0.05) is 18.2 Å². The van der Waals surface area contributed by atoms with Gasteiger partial charge in [-0.15, -0.1) is 0 Å². The lowest BCUT2D eigenvalue weighted by atomic mass is 9.88. The molecule has 18 heavy (non-hydrogen) atoms. The third kappa shape index (κ3) is 2.56. The fourth-order valence-electron chi connectivity index (χ4n) is 2.47. The molecule has 1 N–H and O–H groups in total. The minimum Gasteiger partial charge on any atom is -0.454 e. The Kier molecular flexibility index (Phi) is 3.71. The lowest BCUT2D eigenvalue weighted by Crippen LogP contribution is -2.18. The molecule has 0 saturated carbocycles. The highest BCUT2D eigenvalue weighted by atomic mass is 16.5. The lowest BCUT2D eigenvalue weighted by Gasteiger charge is -2.19. The topological polar surface area (TPSA) is 46.5 Å². The van der Waals surface area contributed by atoms with Crippen molar-refractivity contribution in [2.45, 2.75) is 45.3 Å². The van der Waals surface area contributed by atoms with Gasteiger partial charge in [-0.05, 0) is 44.8 Å². The highest BCUT2D eigenvalue weighted by Crippen LogP contribution is 2.34. The molecule has 3 nitrogen and oxygen atoms in total. The van der Waals surface area contributed by atoms with Gasteiger partial charge in [0.25, 0.3) is 0 Å². The molecule has 0 unspecified atom stereocenters. The summed E-state index contributed by atoms with van der Waals surface area (Å²) in [6.45, 7) is 7.76. The molecule has 3 atom stereocenters. The summed E-state index contributed by atoms with van der Waals surface area (Å²) in [5.74, 6) is -0.259. The molecule has 0 radical (unpaired) electrons. The zero-order valence-corrected chi connectivity index (χ0v) is 11.0. The van der Waals surface area contributed by atoms with Crippen molar-refractivity contribution in [2.24, 2.45) is 5.92 Å². The molecule has 0 aromatic rings. The van der Waals surface area contributed by atoms with Crippen molar-refractivity contribution in [3.05, 3.63) is 35.5 Å². The minimum atomic E-state index is -0.494. The fourth-order valence-corrected chi connectivity index (χ4v) is 2.47. The van der Waals surface area contributed by atoms with E-state index in [-0.39, 0.29) is 18.0 Å². The summed E-state index contributed by atoms with van der Waals surface area (Å²) in [6, 6.07) is 0. The Morgan fingerprint density at radius 1 is 1.44 bits per heavy atom. The standard InChI is InChI=1S/C15H20O3/c1-9-4-6-12-11(3)15(17)18-14(12)8-10(2)13(16)7-5-9/h5,8,12-14,16H,3-4,6-7H2,1-2H3/b9-5-,10-8+/t12-,13+,14+/m1/s1. The van der Waals surface area contributed by atoms with Crippen LogP contribution in [0.3, 0.4) is 0 Å². The third-order valence-electron chi connectivity index (χ3n) is 3.84. The van der Waals surface area contributed by atoms with Crippen LogP contribution in [0.1, 0.15) is 33.1 Å². The van der Waals surface area contributed by atoms with E-state index in [2.05, 4.69) is 19.6 Å². The number of fused-ring (bicyclic) bond motifs is 1. The zero-order valence-electron chi connectivity index (χ0n) is 11.0. The van der Waals surface area contributed by atoms with Crippen molar-refractivity contribution in [1.82, 2.24) is 0 Å². The maximum atomic E-state index is 11.6. The molecule has 1 heterocycles. The van der Waals surface area contributed by atoms with E-state index in [0.717, 1.165) is 18.4 Å². The number of carbonyl (C=O) groups excluding carboxylic acids is 1. The molecule has 2 rings (SSSR count). The zero-order chi connectivity index (χ0) is 13.3. The van der Waals surface area contributed by atoms with Gasteiger partial charge in [-0.3, -0.25) is 0 Å². The molecular weight excluding hydrogens is 228 g/mol. The Bertz CT molecular complexity index is 431. The van der Waals surface area contributed by atoms with Crippen LogP contribution in [0.2, 0.25) is 0 Å².